The summed E-state index contributed by atoms with van der Waals surface area (Å²) in [7, 11) is 0. The van der Waals surface area contributed by atoms with E-state index in [1.165, 1.54) is 12.5 Å². The van der Waals surface area contributed by atoms with Crippen LogP contribution in [0.1, 0.15) is 10.4 Å². The van der Waals surface area contributed by atoms with E-state index in [-0.39, 0.29) is 5.91 Å². The van der Waals surface area contributed by atoms with E-state index in [0.717, 1.165) is 34.3 Å². The Hall–Kier alpha value is -2.05. The maximum absolute atomic E-state index is 12.4. The molecule has 1 amide bonds. The fraction of sp³-hybridized carbons (Fsp3) is 0.222. The van der Waals surface area contributed by atoms with Crippen molar-refractivity contribution >= 4 is 50.2 Å². The van der Waals surface area contributed by atoms with Crippen LogP contribution in [0.5, 0.6) is 0 Å². The van der Waals surface area contributed by atoms with Crippen molar-refractivity contribution in [1.29, 1.82) is 0 Å². The molecule has 0 unspecified atom stereocenters. The Bertz CT molecular complexity index is 921. The lowest BCUT2D eigenvalue weighted by molar-refractivity contribution is 0.0746. The number of aromatic nitrogens is 1. The van der Waals surface area contributed by atoms with Gasteiger partial charge < -0.3 is 14.2 Å². The number of rotatable bonds is 2. The number of anilines is 1. The highest BCUT2D eigenvalue weighted by Crippen LogP contribution is 2.29. The van der Waals surface area contributed by atoms with Crippen molar-refractivity contribution in [3.63, 3.8) is 0 Å². The van der Waals surface area contributed by atoms with E-state index in [1.54, 1.807) is 6.07 Å². The molecule has 0 bridgehead atoms. The van der Waals surface area contributed by atoms with Gasteiger partial charge in [0.15, 0.2) is 0 Å². The zero-order valence-corrected chi connectivity index (χ0v) is 15.6. The van der Waals surface area contributed by atoms with E-state index in [0.29, 0.717) is 23.7 Å². The third-order valence-electron chi connectivity index (χ3n) is 4.35. The Kier molecular flexibility index (Phi) is 4.39. The predicted octanol–water partition coefficient (Wildman–Crippen LogP) is 4.21. The molecule has 0 N–H and O–H groups in total. The Balaban J connectivity index is 1.51. The van der Waals surface area contributed by atoms with Crippen LogP contribution < -0.4 is 4.90 Å². The number of amides is 1. The van der Waals surface area contributed by atoms with Crippen molar-refractivity contribution in [3.05, 3.63) is 57.9 Å². The molecule has 0 aliphatic carbocycles. The molecule has 3 aromatic rings. The molecule has 1 aliphatic rings. The highest BCUT2D eigenvalue weighted by atomic mass is 79.9. The molecule has 7 heteroatoms. The molecule has 3 heterocycles. The molecule has 4 rings (SSSR count). The average Bonchev–Trinajstić information content (AvgIpc) is 3.15. The van der Waals surface area contributed by atoms with E-state index in [1.807, 2.05) is 29.2 Å². The number of furan rings is 1. The first-order chi connectivity index (χ1) is 12.1. The lowest BCUT2D eigenvalue weighted by Gasteiger charge is -2.35. The number of fused-ring (bicyclic) bond motifs is 1. The Morgan fingerprint density at radius 2 is 1.96 bits per heavy atom. The minimum Gasteiger partial charge on any atom is -0.472 e. The number of hydrogen-bond acceptors (Lipinski definition) is 4. The standard InChI is InChI=1S/C18H15BrClN3O2/c19-14-9-12-1-2-16(21-17(12)15(20)10-14)22-4-6-23(7-5-22)18(24)13-3-8-25-11-13/h1-3,8-11H,4-7H2. The lowest BCUT2D eigenvalue weighted by Crippen LogP contribution is -2.49. The molecule has 0 spiro atoms. The number of carbonyl (C=O) groups excluding carboxylic acids is 1. The van der Waals surface area contributed by atoms with Crippen LogP contribution in [-0.2, 0) is 0 Å². The number of pyridine rings is 1. The van der Waals surface area contributed by atoms with Gasteiger partial charge in [0.25, 0.3) is 5.91 Å². The first kappa shape index (κ1) is 16.4. The SMILES string of the molecule is O=C(c1ccoc1)N1CCN(c2ccc3cc(Br)cc(Cl)c3n2)CC1. The second-order valence-electron chi connectivity index (χ2n) is 5.92. The predicted molar refractivity (Wildman–Crippen MR) is 101 cm³/mol. The minimum absolute atomic E-state index is 0.00719. The first-order valence-electron chi connectivity index (χ1n) is 7.94. The molecule has 2 aromatic heterocycles. The van der Waals surface area contributed by atoms with Crippen molar-refractivity contribution in [2.24, 2.45) is 0 Å². The van der Waals surface area contributed by atoms with Gasteiger partial charge in [-0.25, -0.2) is 4.98 Å². The summed E-state index contributed by atoms with van der Waals surface area (Å²) >= 11 is 9.77. The van der Waals surface area contributed by atoms with Gasteiger partial charge in [0.1, 0.15) is 12.1 Å². The van der Waals surface area contributed by atoms with Gasteiger partial charge in [-0.2, -0.15) is 0 Å². The Morgan fingerprint density at radius 3 is 2.68 bits per heavy atom. The quantitative estimate of drug-likeness (QED) is 0.623. The van der Waals surface area contributed by atoms with Crippen LogP contribution in [0.15, 0.2) is 51.7 Å². The van der Waals surface area contributed by atoms with E-state index in [9.17, 15) is 4.79 Å². The van der Waals surface area contributed by atoms with Crippen LogP contribution in [0.3, 0.4) is 0 Å². The van der Waals surface area contributed by atoms with Crippen molar-refractivity contribution in [2.75, 3.05) is 31.1 Å². The monoisotopic (exact) mass is 419 g/mol. The smallest absolute Gasteiger partial charge is 0.257 e. The molecule has 128 valence electrons. The molecule has 1 aliphatic heterocycles. The van der Waals surface area contributed by atoms with Crippen LogP contribution in [-0.4, -0.2) is 42.0 Å². The number of carbonyl (C=O) groups is 1. The molecular formula is C18H15BrClN3O2. The van der Waals surface area contributed by atoms with Gasteiger partial charge in [0.2, 0.25) is 0 Å². The van der Waals surface area contributed by atoms with Gasteiger partial charge in [0, 0.05) is 36.0 Å². The molecule has 1 saturated heterocycles. The Morgan fingerprint density at radius 1 is 1.16 bits per heavy atom. The summed E-state index contributed by atoms with van der Waals surface area (Å²) in [6.45, 7) is 2.77. The largest absolute Gasteiger partial charge is 0.472 e. The van der Waals surface area contributed by atoms with E-state index >= 15 is 0 Å². The number of hydrogen-bond donors (Lipinski definition) is 0. The van der Waals surface area contributed by atoms with Crippen LogP contribution >= 0.6 is 27.5 Å². The summed E-state index contributed by atoms with van der Waals surface area (Å²) in [5.41, 5.74) is 1.38. The molecule has 1 aromatic carbocycles. The van der Waals surface area contributed by atoms with Crippen LogP contribution in [0.2, 0.25) is 5.02 Å². The Labute approximate surface area is 158 Å². The maximum atomic E-state index is 12.4. The summed E-state index contributed by atoms with van der Waals surface area (Å²) in [4.78, 5) is 21.1. The third kappa shape index (κ3) is 3.24. The van der Waals surface area contributed by atoms with E-state index in [2.05, 4.69) is 20.8 Å². The summed E-state index contributed by atoms with van der Waals surface area (Å²) < 4.78 is 5.93. The van der Waals surface area contributed by atoms with Gasteiger partial charge in [-0.1, -0.05) is 27.5 Å². The molecule has 0 radical (unpaired) electrons. The summed E-state index contributed by atoms with van der Waals surface area (Å²) in [5, 5.41) is 1.62. The number of halogens is 2. The normalized spacial score (nSPS) is 15.0. The first-order valence-corrected chi connectivity index (χ1v) is 9.11. The van der Waals surface area contributed by atoms with Gasteiger partial charge in [-0.3, -0.25) is 4.79 Å². The molecule has 5 nitrogen and oxygen atoms in total. The molecule has 1 fully saturated rings. The topological polar surface area (TPSA) is 49.6 Å². The van der Waals surface area contributed by atoms with Crippen molar-refractivity contribution in [2.45, 2.75) is 0 Å². The van der Waals surface area contributed by atoms with Gasteiger partial charge in [-0.15, -0.1) is 0 Å². The number of benzene rings is 1. The van der Waals surface area contributed by atoms with Crippen molar-refractivity contribution in [1.82, 2.24) is 9.88 Å². The van der Waals surface area contributed by atoms with E-state index < -0.39 is 0 Å². The summed E-state index contributed by atoms with van der Waals surface area (Å²) in [5.74, 6) is 0.889. The van der Waals surface area contributed by atoms with Crippen molar-refractivity contribution < 1.29 is 9.21 Å². The zero-order chi connectivity index (χ0) is 17.4. The third-order valence-corrected chi connectivity index (χ3v) is 5.10. The highest BCUT2D eigenvalue weighted by molar-refractivity contribution is 9.10. The molecule has 0 saturated carbocycles. The second kappa shape index (κ2) is 6.69. The number of nitrogens with zero attached hydrogens (tertiary/aromatic N) is 3. The second-order valence-corrected chi connectivity index (χ2v) is 7.24. The lowest BCUT2D eigenvalue weighted by atomic mass is 10.2. The number of piperazine rings is 1. The fourth-order valence-corrected chi connectivity index (χ4v) is 3.91. The fourth-order valence-electron chi connectivity index (χ4n) is 3.03. The minimum atomic E-state index is 0.00719. The molecule has 25 heavy (non-hydrogen) atoms. The highest BCUT2D eigenvalue weighted by Gasteiger charge is 2.23. The van der Waals surface area contributed by atoms with Crippen molar-refractivity contribution in [3.8, 4) is 0 Å². The van der Waals surface area contributed by atoms with Gasteiger partial charge >= 0.3 is 0 Å². The van der Waals surface area contributed by atoms with Gasteiger partial charge in [0.05, 0.1) is 22.4 Å². The summed E-state index contributed by atoms with van der Waals surface area (Å²) in [6, 6.07) is 9.57. The molecular weight excluding hydrogens is 406 g/mol. The van der Waals surface area contributed by atoms with Gasteiger partial charge in [-0.05, 0) is 30.3 Å². The molecule has 0 atom stereocenters. The van der Waals surface area contributed by atoms with Crippen LogP contribution in [0, 0.1) is 0 Å². The van der Waals surface area contributed by atoms with E-state index in [4.69, 9.17) is 21.0 Å². The van der Waals surface area contributed by atoms with Crippen LogP contribution in [0.4, 0.5) is 5.82 Å². The van der Waals surface area contributed by atoms with Crippen LogP contribution in [0.25, 0.3) is 10.9 Å². The summed E-state index contributed by atoms with van der Waals surface area (Å²) in [6.07, 6.45) is 3.00. The average molecular weight is 421 g/mol. The maximum Gasteiger partial charge on any atom is 0.257 e. The zero-order valence-electron chi connectivity index (χ0n) is 13.3.